The number of phenolic OH excluding ortho intramolecular Hbond substituents is 1. The van der Waals surface area contributed by atoms with Crippen LogP contribution in [0.3, 0.4) is 0 Å². The molecule has 1 aromatic rings. The monoisotopic (exact) mass is 484 g/mol. The maximum absolute atomic E-state index is 13.7. The van der Waals surface area contributed by atoms with Crippen LogP contribution in [0, 0.1) is 29.6 Å². The van der Waals surface area contributed by atoms with Gasteiger partial charge >= 0.3 is 5.97 Å². The number of likely N-dealkylation sites (N-methyl/N-ethyl adjacent to an activating group) is 1. The molecule has 1 aromatic carbocycles. The summed E-state index contributed by atoms with van der Waals surface area (Å²) in [4.78, 5) is 51.3. The van der Waals surface area contributed by atoms with Crippen LogP contribution in [-0.2, 0) is 25.6 Å². The molecule has 0 bridgehead atoms. The molecule has 0 aromatic heterocycles. The van der Waals surface area contributed by atoms with E-state index in [2.05, 4.69) is 5.92 Å². The number of nitrogens with zero attached hydrogens (tertiary/aromatic N) is 1. The number of carboxylic acid groups (broad SMARTS) is 1. The third-order valence-corrected chi connectivity index (χ3v) is 7.28. The minimum absolute atomic E-state index is 0.0365. The van der Waals surface area contributed by atoms with Crippen molar-refractivity contribution in [3.63, 3.8) is 0 Å². The Morgan fingerprint density at radius 2 is 1.86 bits per heavy atom. The lowest BCUT2D eigenvalue weighted by atomic mass is 9.54. The molecule has 2 saturated carbocycles. The first-order chi connectivity index (χ1) is 16.3. The second kappa shape index (κ2) is 8.20. The lowest BCUT2D eigenvalue weighted by Crippen LogP contribution is -2.73. The van der Waals surface area contributed by atoms with E-state index < -0.39 is 70.5 Å². The maximum Gasteiger partial charge on any atom is 0.382 e. The molecular formula is C24H24N2O9. The van der Waals surface area contributed by atoms with Gasteiger partial charge in [0, 0.05) is 29.0 Å². The SMILES string of the molecule is CN(C)[C@H]1C(O)C(C(N)=O)C(=O)[C@]2(O)C(=O)C3=C(O)c4c(O)ccc(C#CC(=O)O)c4C[C@@H]3C[C@H]12. The van der Waals surface area contributed by atoms with Crippen molar-refractivity contribution in [3.05, 3.63) is 34.4 Å². The highest BCUT2D eigenvalue weighted by atomic mass is 16.4. The Bertz CT molecular complexity index is 1270. The predicted molar refractivity (Wildman–Crippen MR) is 119 cm³/mol. The first-order valence-corrected chi connectivity index (χ1v) is 10.8. The van der Waals surface area contributed by atoms with Gasteiger partial charge in [-0.25, -0.2) is 4.79 Å². The second-order valence-corrected chi connectivity index (χ2v) is 9.33. The molecule has 35 heavy (non-hydrogen) atoms. The number of carbonyl (C=O) groups is 4. The Kier molecular flexibility index (Phi) is 5.72. The van der Waals surface area contributed by atoms with E-state index in [1.54, 1.807) is 14.1 Å². The number of ketones is 2. The van der Waals surface area contributed by atoms with Crippen LogP contribution in [0.15, 0.2) is 17.7 Å². The fraction of sp³-hybridized carbons (Fsp3) is 0.417. The first kappa shape index (κ1) is 24.4. The van der Waals surface area contributed by atoms with Gasteiger partial charge in [-0.15, -0.1) is 0 Å². The smallest absolute Gasteiger partial charge is 0.382 e. The van der Waals surface area contributed by atoms with Crippen LogP contribution in [0.1, 0.15) is 23.1 Å². The number of aliphatic hydroxyl groups is 3. The molecule has 0 saturated heterocycles. The summed E-state index contributed by atoms with van der Waals surface area (Å²) >= 11 is 0. The second-order valence-electron chi connectivity index (χ2n) is 9.33. The van der Waals surface area contributed by atoms with E-state index in [-0.39, 0.29) is 29.5 Å². The molecule has 0 aliphatic heterocycles. The van der Waals surface area contributed by atoms with Crippen LogP contribution in [0.2, 0.25) is 0 Å². The topological polar surface area (TPSA) is 199 Å². The summed E-state index contributed by atoms with van der Waals surface area (Å²) in [5.41, 5.74) is 2.69. The number of aliphatic hydroxyl groups excluding tert-OH is 2. The summed E-state index contributed by atoms with van der Waals surface area (Å²) in [6.07, 6.45) is -1.59. The third kappa shape index (κ3) is 3.41. The van der Waals surface area contributed by atoms with Crippen LogP contribution in [0.25, 0.3) is 5.76 Å². The number of fused-ring (bicyclic) bond motifs is 3. The third-order valence-electron chi connectivity index (χ3n) is 7.28. The van der Waals surface area contributed by atoms with Crippen LogP contribution in [0.5, 0.6) is 5.75 Å². The average molecular weight is 484 g/mol. The lowest BCUT2D eigenvalue weighted by Gasteiger charge is -2.53. The number of phenols is 1. The molecule has 2 unspecified atom stereocenters. The van der Waals surface area contributed by atoms with Crippen LogP contribution < -0.4 is 5.73 Å². The molecule has 184 valence electrons. The van der Waals surface area contributed by atoms with E-state index in [1.807, 2.05) is 5.92 Å². The van der Waals surface area contributed by atoms with E-state index in [9.17, 15) is 39.6 Å². The van der Waals surface area contributed by atoms with Crippen LogP contribution >= 0.6 is 0 Å². The number of carbonyl (C=O) groups excluding carboxylic acids is 3. The van der Waals surface area contributed by atoms with Gasteiger partial charge in [0.1, 0.15) is 17.4 Å². The van der Waals surface area contributed by atoms with Gasteiger partial charge in [0.2, 0.25) is 11.7 Å². The van der Waals surface area contributed by atoms with E-state index in [4.69, 9.17) is 10.8 Å². The lowest BCUT2D eigenvalue weighted by molar-refractivity contribution is -0.184. The summed E-state index contributed by atoms with van der Waals surface area (Å²) in [7, 11) is 3.12. The minimum atomic E-state index is -2.73. The van der Waals surface area contributed by atoms with E-state index in [0.29, 0.717) is 5.56 Å². The number of hydrogen-bond donors (Lipinski definition) is 6. The highest BCUT2D eigenvalue weighted by molar-refractivity contribution is 6.25. The number of amides is 1. The van der Waals surface area contributed by atoms with Crippen LogP contribution in [0.4, 0.5) is 0 Å². The largest absolute Gasteiger partial charge is 0.507 e. The molecule has 1 amide bonds. The van der Waals surface area contributed by atoms with Crippen molar-refractivity contribution >= 4 is 29.2 Å². The summed E-state index contributed by atoms with van der Waals surface area (Å²) in [6.45, 7) is 0. The molecule has 3 aliphatic carbocycles. The average Bonchev–Trinajstić information content (AvgIpc) is 2.75. The molecule has 0 radical (unpaired) electrons. The summed E-state index contributed by atoms with van der Waals surface area (Å²) in [5, 5.41) is 52.7. The molecule has 0 spiro atoms. The van der Waals surface area contributed by atoms with Gasteiger partial charge in [-0.3, -0.25) is 14.4 Å². The minimum Gasteiger partial charge on any atom is -0.507 e. The molecule has 11 heteroatoms. The molecule has 7 N–H and O–H groups in total. The van der Waals surface area contributed by atoms with Gasteiger partial charge in [0.15, 0.2) is 11.4 Å². The van der Waals surface area contributed by atoms with Crippen molar-refractivity contribution in [1.29, 1.82) is 0 Å². The van der Waals surface area contributed by atoms with Crippen molar-refractivity contribution in [3.8, 4) is 17.6 Å². The number of aliphatic carboxylic acids is 1. The Balaban J connectivity index is 1.93. The molecule has 4 rings (SSSR count). The van der Waals surface area contributed by atoms with E-state index in [1.165, 1.54) is 17.0 Å². The number of aromatic hydroxyl groups is 1. The zero-order valence-corrected chi connectivity index (χ0v) is 18.8. The zero-order valence-electron chi connectivity index (χ0n) is 18.8. The van der Waals surface area contributed by atoms with E-state index >= 15 is 0 Å². The highest BCUT2D eigenvalue weighted by Crippen LogP contribution is 2.52. The number of carboxylic acids is 1. The maximum atomic E-state index is 13.7. The molecule has 2 fully saturated rings. The number of Topliss-reactive ketones (excluding diaryl/α,β-unsaturated/α-hetero) is 2. The van der Waals surface area contributed by atoms with Gasteiger partial charge in [0.25, 0.3) is 0 Å². The van der Waals surface area contributed by atoms with Crippen molar-refractivity contribution in [2.45, 2.75) is 30.6 Å². The summed E-state index contributed by atoms with van der Waals surface area (Å²) in [5.74, 6) is -5.29. The van der Waals surface area contributed by atoms with Crippen molar-refractivity contribution in [2.24, 2.45) is 23.5 Å². The van der Waals surface area contributed by atoms with Crippen molar-refractivity contribution in [1.82, 2.24) is 4.90 Å². The standard InChI is InChI=1S/C24H24N2O9/c1-26(2)18-12-8-10-7-11-9(4-6-14(28)29)3-5-13(27)16(11)19(30)15(10)21(32)24(12,35)22(33)17(20(18)31)23(25)34/h3,5,10,12,17-18,20,27,30-31,35H,7-8H2,1-2H3,(H2,25,34)(H,28,29)/t10-,12-,17?,18-,20?,24-/m1/s1. The fourth-order valence-corrected chi connectivity index (χ4v) is 5.84. The Morgan fingerprint density at radius 1 is 1.20 bits per heavy atom. The van der Waals surface area contributed by atoms with Gasteiger partial charge in [0.05, 0.1) is 11.7 Å². The molecule has 3 aliphatic rings. The Labute approximate surface area is 199 Å². The van der Waals surface area contributed by atoms with Crippen molar-refractivity contribution in [2.75, 3.05) is 14.1 Å². The van der Waals surface area contributed by atoms with Gasteiger partial charge in [-0.2, -0.15) is 0 Å². The van der Waals surface area contributed by atoms with Gasteiger partial charge < -0.3 is 36.2 Å². The predicted octanol–water partition coefficient (Wildman–Crippen LogP) is -1.43. The normalized spacial score (nSPS) is 31.7. The first-order valence-electron chi connectivity index (χ1n) is 10.8. The summed E-state index contributed by atoms with van der Waals surface area (Å²) in [6, 6.07) is 1.57. The summed E-state index contributed by atoms with van der Waals surface area (Å²) < 4.78 is 0. The fourth-order valence-electron chi connectivity index (χ4n) is 5.84. The quantitative estimate of drug-likeness (QED) is 0.214. The zero-order chi connectivity index (χ0) is 26.0. The Morgan fingerprint density at radius 3 is 2.43 bits per heavy atom. The number of rotatable bonds is 2. The Hall–Kier alpha value is -3.72. The molecule has 6 atom stereocenters. The highest BCUT2D eigenvalue weighted by Gasteiger charge is 2.67. The molecule has 0 heterocycles. The number of primary amides is 1. The van der Waals surface area contributed by atoms with Crippen molar-refractivity contribution < 1.29 is 44.7 Å². The van der Waals surface area contributed by atoms with Crippen LogP contribution in [-0.4, -0.2) is 85.7 Å². The molecule has 11 nitrogen and oxygen atoms in total. The number of hydrogen-bond acceptors (Lipinski definition) is 9. The molecular weight excluding hydrogens is 460 g/mol. The number of benzene rings is 1. The van der Waals surface area contributed by atoms with E-state index in [0.717, 1.165) is 0 Å². The number of nitrogens with two attached hydrogens (primary N) is 1. The van der Waals surface area contributed by atoms with Gasteiger partial charge in [-0.05, 0) is 50.6 Å². The van der Waals surface area contributed by atoms with Gasteiger partial charge in [-0.1, -0.05) is 5.92 Å².